The molecule has 1 aromatic rings. The van der Waals surface area contributed by atoms with E-state index in [1.807, 2.05) is 0 Å². The maximum absolute atomic E-state index is 5.53. The average Bonchev–Trinajstić information content (AvgIpc) is 2.80. The van der Waals surface area contributed by atoms with E-state index in [2.05, 4.69) is 29.6 Å². The van der Waals surface area contributed by atoms with E-state index in [0.717, 1.165) is 45.6 Å². The molecule has 0 radical (unpaired) electrons. The first-order chi connectivity index (χ1) is 8.90. The van der Waals surface area contributed by atoms with Gasteiger partial charge in [-0.2, -0.15) is 0 Å². The molecule has 0 saturated carbocycles. The van der Waals surface area contributed by atoms with Crippen LogP contribution in [0.25, 0.3) is 0 Å². The molecule has 0 fully saturated rings. The van der Waals surface area contributed by atoms with Crippen molar-refractivity contribution in [3.8, 4) is 0 Å². The summed E-state index contributed by atoms with van der Waals surface area (Å²) in [6.45, 7) is 3.30. The Morgan fingerprint density at radius 3 is 2.50 bits per heavy atom. The van der Waals surface area contributed by atoms with Gasteiger partial charge in [-0.15, -0.1) is 0 Å². The van der Waals surface area contributed by atoms with E-state index < -0.39 is 0 Å². The molecular weight excluding hydrogens is 226 g/mol. The minimum Gasteiger partial charge on any atom is -0.385 e. The van der Waals surface area contributed by atoms with Crippen LogP contribution in [0.5, 0.6) is 0 Å². The minimum absolute atomic E-state index is 0.588. The van der Waals surface area contributed by atoms with Crippen LogP contribution in [0.2, 0.25) is 0 Å². The second-order valence-electron chi connectivity index (χ2n) is 4.79. The number of rotatable bonds is 8. The molecule has 1 aliphatic carbocycles. The largest absolute Gasteiger partial charge is 0.385 e. The van der Waals surface area contributed by atoms with Gasteiger partial charge in [0.25, 0.3) is 0 Å². The normalized spacial score (nSPS) is 14.9. The highest BCUT2D eigenvalue weighted by Gasteiger charge is 2.19. The summed E-state index contributed by atoms with van der Waals surface area (Å²) in [5, 5.41) is 3.56. The molecule has 0 aliphatic heterocycles. The van der Waals surface area contributed by atoms with Crippen molar-refractivity contribution < 1.29 is 9.47 Å². The van der Waals surface area contributed by atoms with E-state index in [4.69, 9.17) is 9.47 Å². The molecule has 0 heterocycles. The molecule has 18 heavy (non-hydrogen) atoms. The molecule has 0 spiro atoms. The van der Waals surface area contributed by atoms with E-state index in [9.17, 15) is 0 Å². The van der Waals surface area contributed by atoms with Crippen molar-refractivity contribution in [1.82, 2.24) is 5.32 Å². The lowest BCUT2D eigenvalue weighted by atomic mass is 10.1. The van der Waals surface area contributed by atoms with Crippen molar-refractivity contribution in [2.75, 3.05) is 33.5 Å². The summed E-state index contributed by atoms with van der Waals surface area (Å²) in [4.78, 5) is 0. The van der Waals surface area contributed by atoms with Gasteiger partial charge in [-0.25, -0.2) is 0 Å². The van der Waals surface area contributed by atoms with E-state index in [1.54, 1.807) is 7.11 Å². The van der Waals surface area contributed by atoms with Gasteiger partial charge in [0.05, 0.1) is 6.61 Å². The smallest absolute Gasteiger partial charge is 0.0591 e. The fourth-order valence-corrected chi connectivity index (χ4v) is 2.45. The predicted octanol–water partition coefficient (Wildman–Crippen LogP) is 1.80. The molecule has 0 unspecified atom stereocenters. The van der Waals surface area contributed by atoms with Gasteiger partial charge in [0.15, 0.2) is 0 Å². The molecule has 0 aromatic heterocycles. The molecular formula is C15H23NO2. The first kappa shape index (κ1) is 13.5. The molecule has 0 bridgehead atoms. The molecule has 1 aliphatic rings. The first-order valence-electron chi connectivity index (χ1n) is 6.77. The van der Waals surface area contributed by atoms with Crippen LogP contribution in [0.3, 0.4) is 0 Å². The van der Waals surface area contributed by atoms with Gasteiger partial charge in [-0.3, -0.25) is 0 Å². The van der Waals surface area contributed by atoms with Crippen LogP contribution in [0.15, 0.2) is 24.3 Å². The molecule has 3 nitrogen and oxygen atoms in total. The fourth-order valence-electron chi connectivity index (χ4n) is 2.45. The SMILES string of the molecule is COCCCOCCNC1Cc2ccccc2C1. The van der Waals surface area contributed by atoms with Crippen LogP contribution < -0.4 is 5.32 Å². The molecule has 2 rings (SSSR count). The second-order valence-corrected chi connectivity index (χ2v) is 4.79. The topological polar surface area (TPSA) is 30.5 Å². The van der Waals surface area contributed by atoms with Crippen molar-refractivity contribution in [3.63, 3.8) is 0 Å². The highest BCUT2D eigenvalue weighted by atomic mass is 16.5. The summed E-state index contributed by atoms with van der Waals surface area (Å²) in [6, 6.07) is 9.31. The zero-order valence-corrected chi connectivity index (χ0v) is 11.2. The molecule has 1 N–H and O–H groups in total. The number of nitrogens with one attached hydrogen (secondary N) is 1. The highest BCUT2D eigenvalue weighted by Crippen LogP contribution is 2.21. The number of benzene rings is 1. The van der Waals surface area contributed by atoms with Crippen molar-refractivity contribution in [2.45, 2.75) is 25.3 Å². The average molecular weight is 249 g/mol. The molecule has 0 amide bonds. The zero-order valence-electron chi connectivity index (χ0n) is 11.2. The Morgan fingerprint density at radius 2 is 1.83 bits per heavy atom. The van der Waals surface area contributed by atoms with Gasteiger partial charge < -0.3 is 14.8 Å². The van der Waals surface area contributed by atoms with Crippen LogP contribution in [-0.2, 0) is 22.3 Å². The molecule has 1 aromatic carbocycles. The zero-order chi connectivity index (χ0) is 12.6. The number of ether oxygens (including phenoxy) is 2. The van der Waals surface area contributed by atoms with Gasteiger partial charge in [-0.1, -0.05) is 24.3 Å². The Morgan fingerprint density at radius 1 is 1.11 bits per heavy atom. The summed E-state index contributed by atoms with van der Waals surface area (Å²) in [5.74, 6) is 0. The lowest BCUT2D eigenvalue weighted by molar-refractivity contribution is 0.103. The molecule has 100 valence electrons. The van der Waals surface area contributed by atoms with Gasteiger partial charge in [0.1, 0.15) is 0 Å². The van der Waals surface area contributed by atoms with Crippen LogP contribution in [0.4, 0.5) is 0 Å². The first-order valence-corrected chi connectivity index (χ1v) is 6.77. The fraction of sp³-hybridized carbons (Fsp3) is 0.600. The Balaban J connectivity index is 1.54. The Labute approximate surface area is 109 Å². The molecule has 0 atom stereocenters. The van der Waals surface area contributed by atoms with Crippen molar-refractivity contribution in [1.29, 1.82) is 0 Å². The quantitative estimate of drug-likeness (QED) is 0.713. The number of hydrogen-bond donors (Lipinski definition) is 1. The van der Waals surface area contributed by atoms with Crippen LogP contribution >= 0.6 is 0 Å². The second kappa shape index (κ2) is 7.52. The summed E-state index contributed by atoms with van der Waals surface area (Å²) >= 11 is 0. The van der Waals surface area contributed by atoms with E-state index in [1.165, 1.54) is 11.1 Å². The Hall–Kier alpha value is -0.900. The summed E-state index contributed by atoms with van der Waals surface area (Å²) in [5.41, 5.74) is 2.99. The van der Waals surface area contributed by atoms with Crippen molar-refractivity contribution >= 4 is 0 Å². The summed E-state index contributed by atoms with van der Waals surface area (Å²) in [7, 11) is 1.72. The third kappa shape index (κ3) is 4.09. The van der Waals surface area contributed by atoms with Crippen molar-refractivity contribution in [3.05, 3.63) is 35.4 Å². The molecule has 0 saturated heterocycles. The third-order valence-electron chi connectivity index (χ3n) is 3.37. The third-order valence-corrected chi connectivity index (χ3v) is 3.37. The number of hydrogen-bond acceptors (Lipinski definition) is 3. The van der Waals surface area contributed by atoms with E-state index >= 15 is 0 Å². The van der Waals surface area contributed by atoms with Crippen molar-refractivity contribution in [2.24, 2.45) is 0 Å². The van der Waals surface area contributed by atoms with E-state index in [0.29, 0.717) is 6.04 Å². The monoisotopic (exact) mass is 249 g/mol. The molecule has 3 heteroatoms. The highest BCUT2D eigenvalue weighted by molar-refractivity contribution is 5.33. The van der Waals surface area contributed by atoms with Crippen LogP contribution in [0.1, 0.15) is 17.5 Å². The van der Waals surface area contributed by atoms with Crippen LogP contribution in [0, 0.1) is 0 Å². The minimum atomic E-state index is 0.588. The summed E-state index contributed by atoms with van der Waals surface area (Å²) in [6.07, 6.45) is 3.28. The maximum Gasteiger partial charge on any atom is 0.0591 e. The lowest BCUT2D eigenvalue weighted by Gasteiger charge is -2.11. The van der Waals surface area contributed by atoms with Gasteiger partial charge in [0.2, 0.25) is 0 Å². The Kier molecular flexibility index (Phi) is 5.65. The number of fused-ring (bicyclic) bond motifs is 1. The lowest BCUT2D eigenvalue weighted by Crippen LogP contribution is -2.32. The summed E-state index contributed by atoms with van der Waals surface area (Å²) < 4.78 is 10.5. The predicted molar refractivity (Wildman–Crippen MR) is 73.0 cm³/mol. The van der Waals surface area contributed by atoms with E-state index in [-0.39, 0.29) is 0 Å². The number of methoxy groups -OCH3 is 1. The van der Waals surface area contributed by atoms with Gasteiger partial charge in [-0.05, 0) is 30.4 Å². The van der Waals surface area contributed by atoms with Crippen LogP contribution in [-0.4, -0.2) is 39.5 Å². The van der Waals surface area contributed by atoms with Gasteiger partial charge in [0, 0.05) is 32.9 Å². The Bertz CT molecular complexity index is 329. The maximum atomic E-state index is 5.53. The van der Waals surface area contributed by atoms with Gasteiger partial charge >= 0.3 is 0 Å². The standard InChI is InChI=1S/C15H23NO2/c1-17-8-4-9-18-10-7-16-15-11-13-5-2-3-6-14(13)12-15/h2-3,5-6,15-16H,4,7-12H2,1H3.